The summed E-state index contributed by atoms with van der Waals surface area (Å²) >= 11 is 0. The second-order valence-corrected chi connectivity index (χ2v) is 4.61. The summed E-state index contributed by atoms with van der Waals surface area (Å²) in [5, 5.41) is 3.50. The number of rotatable bonds is 6. The fourth-order valence-electron chi connectivity index (χ4n) is 1.85. The molecular weight excluding hydrogens is 212 g/mol. The summed E-state index contributed by atoms with van der Waals surface area (Å²) in [5.74, 6) is 0.850. The Morgan fingerprint density at radius 1 is 1.35 bits per heavy atom. The van der Waals surface area contributed by atoms with Crippen molar-refractivity contribution in [1.82, 2.24) is 15.3 Å². The van der Waals surface area contributed by atoms with Crippen LogP contribution < -0.4 is 10.2 Å². The topological polar surface area (TPSA) is 41.1 Å². The Morgan fingerprint density at radius 3 is 2.59 bits per heavy atom. The first-order valence-electron chi connectivity index (χ1n) is 6.55. The van der Waals surface area contributed by atoms with Crippen LogP contribution in [0.25, 0.3) is 0 Å². The number of anilines is 1. The van der Waals surface area contributed by atoms with Crippen molar-refractivity contribution in [2.24, 2.45) is 0 Å². The highest BCUT2D eigenvalue weighted by molar-refractivity contribution is 5.32. The average Bonchev–Trinajstić information content (AvgIpc) is 3.13. The van der Waals surface area contributed by atoms with Gasteiger partial charge in [-0.25, -0.2) is 9.97 Å². The third-order valence-corrected chi connectivity index (χ3v) is 3.27. The summed E-state index contributed by atoms with van der Waals surface area (Å²) in [6.07, 6.45) is 4.60. The van der Waals surface area contributed by atoms with Gasteiger partial charge in [0.05, 0.1) is 0 Å². The zero-order chi connectivity index (χ0) is 12.3. The first kappa shape index (κ1) is 12.3. The van der Waals surface area contributed by atoms with Crippen molar-refractivity contribution in [2.45, 2.75) is 46.2 Å². The Labute approximate surface area is 103 Å². The van der Waals surface area contributed by atoms with E-state index in [0.29, 0.717) is 0 Å². The number of aromatic nitrogens is 2. The van der Waals surface area contributed by atoms with E-state index in [1.807, 2.05) is 6.20 Å². The Balaban J connectivity index is 2.04. The highest BCUT2D eigenvalue weighted by Gasteiger charge is 2.20. The smallest absolute Gasteiger partial charge is 0.225 e. The molecule has 0 amide bonds. The summed E-state index contributed by atoms with van der Waals surface area (Å²) in [7, 11) is 0. The second-order valence-electron chi connectivity index (χ2n) is 4.61. The lowest BCUT2D eigenvalue weighted by Gasteiger charge is -2.19. The van der Waals surface area contributed by atoms with Gasteiger partial charge >= 0.3 is 0 Å². The summed E-state index contributed by atoms with van der Waals surface area (Å²) in [4.78, 5) is 11.2. The molecule has 1 aromatic heterocycles. The maximum absolute atomic E-state index is 4.59. The molecule has 0 saturated heterocycles. The molecule has 0 aromatic carbocycles. The van der Waals surface area contributed by atoms with E-state index >= 15 is 0 Å². The predicted molar refractivity (Wildman–Crippen MR) is 70.2 cm³/mol. The van der Waals surface area contributed by atoms with E-state index in [2.05, 4.69) is 41.0 Å². The normalized spacial score (nSPS) is 15.0. The van der Waals surface area contributed by atoms with Crippen LogP contribution in [0.1, 0.15) is 37.9 Å². The van der Waals surface area contributed by atoms with E-state index < -0.39 is 0 Å². The van der Waals surface area contributed by atoms with Gasteiger partial charge in [0.15, 0.2) is 0 Å². The maximum Gasteiger partial charge on any atom is 0.225 e. The molecule has 1 saturated carbocycles. The zero-order valence-electron chi connectivity index (χ0n) is 11.0. The summed E-state index contributed by atoms with van der Waals surface area (Å²) < 4.78 is 0. The van der Waals surface area contributed by atoms with E-state index in [4.69, 9.17) is 0 Å². The third-order valence-electron chi connectivity index (χ3n) is 3.27. The van der Waals surface area contributed by atoms with Crippen LogP contribution in [0.5, 0.6) is 0 Å². The van der Waals surface area contributed by atoms with Gasteiger partial charge in [0.2, 0.25) is 5.95 Å². The predicted octanol–water partition coefficient (Wildman–Crippen LogP) is 1.88. The molecule has 4 nitrogen and oxygen atoms in total. The van der Waals surface area contributed by atoms with Crippen molar-refractivity contribution in [2.75, 3.05) is 18.0 Å². The highest BCUT2D eigenvalue weighted by Crippen LogP contribution is 2.20. The molecule has 0 aliphatic heterocycles. The first-order chi connectivity index (χ1) is 8.24. The van der Waals surface area contributed by atoms with Crippen molar-refractivity contribution in [3.8, 4) is 0 Å². The molecule has 1 aromatic rings. The van der Waals surface area contributed by atoms with Crippen molar-refractivity contribution >= 4 is 5.95 Å². The SMILES string of the molecule is CCN(CC)c1ncc(CNC2CC2)c(C)n1. The molecule has 1 aliphatic carbocycles. The highest BCUT2D eigenvalue weighted by atomic mass is 15.2. The van der Waals surface area contributed by atoms with E-state index in [0.717, 1.165) is 37.3 Å². The first-order valence-corrected chi connectivity index (χ1v) is 6.55. The van der Waals surface area contributed by atoms with E-state index in [1.165, 1.54) is 18.4 Å². The summed E-state index contributed by atoms with van der Waals surface area (Å²) in [6.45, 7) is 9.13. The molecule has 4 heteroatoms. The van der Waals surface area contributed by atoms with Gasteiger partial charge < -0.3 is 10.2 Å². The van der Waals surface area contributed by atoms with Gasteiger partial charge in [-0.2, -0.15) is 0 Å². The molecule has 1 aliphatic rings. The standard InChI is InChI=1S/C13H22N4/c1-4-17(5-2)13-15-9-11(10(3)16-13)8-14-12-6-7-12/h9,12,14H,4-8H2,1-3H3. The molecule has 2 rings (SSSR count). The summed E-state index contributed by atoms with van der Waals surface area (Å²) in [6, 6.07) is 0.733. The molecule has 0 spiro atoms. The minimum Gasteiger partial charge on any atom is -0.341 e. The van der Waals surface area contributed by atoms with Gasteiger partial charge in [0, 0.05) is 43.1 Å². The lowest BCUT2D eigenvalue weighted by atomic mass is 10.2. The number of nitrogens with zero attached hydrogens (tertiary/aromatic N) is 3. The van der Waals surface area contributed by atoms with Gasteiger partial charge in [-0.05, 0) is 33.6 Å². The Kier molecular flexibility index (Phi) is 3.94. The van der Waals surface area contributed by atoms with Crippen LogP contribution in [0.2, 0.25) is 0 Å². The Hall–Kier alpha value is -1.16. The van der Waals surface area contributed by atoms with Crippen LogP contribution in [-0.2, 0) is 6.54 Å². The van der Waals surface area contributed by atoms with Crippen molar-refractivity contribution in [3.63, 3.8) is 0 Å². The van der Waals surface area contributed by atoms with E-state index in [1.54, 1.807) is 0 Å². The molecule has 94 valence electrons. The average molecular weight is 234 g/mol. The molecular formula is C13H22N4. The quantitative estimate of drug-likeness (QED) is 0.816. The summed E-state index contributed by atoms with van der Waals surface area (Å²) in [5.41, 5.74) is 2.31. The number of aryl methyl sites for hydroxylation is 1. The minimum absolute atomic E-state index is 0.733. The molecule has 1 fully saturated rings. The third kappa shape index (κ3) is 3.16. The number of hydrogen-bond acceptors (Lipinski definition) is 4. The number of hydrogen-bond donors (Lipinski definition) is 1. The molecule has 17 heavy (non-hydrogen) atoms. The van der Waals surface area contributed by atoms with E-state index in [-0.39, 0.29) is 0 Å². The van der Waals surface area contributed by atoms with Crippen molar-refractivity contribution < 1.29 is 0 Å². The van der Waals surface area contributed by atoms with Crippen LogP contribution in [0, 0.1) is 6.92 Å². The Bertz CT molecular complexity index is 370. The van der Waals surface area contributed by atoms with Crippen molar-refractivity contribution in [3.05, 3.63) is 17.5 Å². The molecule has 0 bridgehead atoms. The molecule has 1 N–H and O–H groups in total. The fourth-order valence-corrected chi connectivity index (χ4v) is 1.85. The van der Waals surface area contributed by atoms with Crippen LogP contribution in [-0.4, -0.2) is 29.1 Å². The maximum atomic E-state index is 4.59. The fraction of sp³-hybridized carbons (Fsp3) is 0.692. The van der Waals surface area contributed by atoms with Gasteiger partial charge in [-0.15, -0.1) is 0 Å². The largest absolute Gasteiger partial charge is 0.341 e. The monoisotopic (exact) mass is 234 g/mol. The van der Waals surface area contributed by atoms with Gasteiger partial charge in [0.25, 0.3) is 0 Å². The van der Waals surface area contributed by atoms with Crippen LogP contribution in [0.15, 0.2) is 6.20 Å². The lowest BCUT2D eigenvalue weighted by molar-refractivity contribution is 0.677. The van der Waals surface area contributed by atoms with Gasteiger partial charge in [-0.1, -0.05) is 0 Å². The van der Waals surface area contributed by atoms with Crippen LogP contribution >= 0.6 is 0 Å². The lowest BCUT2D eigenvalue weighted by Crippen LogP contribution is -2.25. The van der Waals surface area contributed by atoms with Crippen LogP contribution in [0.3, 0.4) is 0 Å². The van der Waals surface area contributed by atoms with E-state index in [9.17, 15) is 0 Å². The molecule has 0 atom stereocenters. The zero-order valence-corrected chi connectivity index (χ0v) is 11.0. The minimum atomic E-state index is 0.733. The van der Waals surface area contributed by atoms with Crippen LogP contribution in [0.4, 0.5) is 5.95 Å². The second kappa shape index (κ2) is 5.45. The Morgan fingerprint density at radius 2 is 2.06 bits per heavy atom. The van der Waals surface area contributed by atoms with Gasteiger partial charge in [0.1, 0.15) is 0 Å². The molecule has 0 unspecified atom stereocenters. The van der Waals surface area contributed by atoms with Gasteiger partial charge in [-0.3, -0.25) is 0 Å². The number of nitrogens with one attached hydrogen (secondary N) is 1. The molecule has 0 radical (unpaired) electrons. The van der Waals surface area contributed by atoms with Crippen molar-refractivity contribution in [1.29, 1.82) is 0 Å². The molecule has 1 heterocycles.